The lowest BCUT2D eigenvalue weighted by molar-refractivity contribution is 0.390. The second-order valence-electron chi connectivity index (χ2n) is 15.8. The molecule has 280 valence electrons. The predicted molar refractivity (Wildman–Crippen MR) is 241 cm³/mol. The van der Waals surface area contributed by atoms with E-state index in [1.807, 2.05) is 109 Å². The van der Waals surface area contributed by atoms with E-state index in [-0.39, 0.29) is 16.9 Å². The second-order valence-corrected chi connectivity index (χ2v) is 18.5. The molecule has 0 spiro atoms. The number of hydrogen-bond acceptors (Lipinski definition) is 7. The number of nitrogens with one attached hydrogen (secondary N) is 1. The van der Waals surface area contributed by atoms with E-state index in [0.717, 1.165) is 59.8 Å². The van der Waals surface area contributed by atoms with Gasteiger partial charge >= 0.3 is 8.64 Å². The van der Waals surface area contributed by atoms with Crippen molar-refractivity contribution in [1.82, 2.24) is 8.47 Å². The number of aromatic nitrogens is 2. The number of rotatable bonds is 0. The second kappa shape index (κ2) is 10.9. The van der Waals surface area contributed by atoms with Crippen LogP contribution in [0.15, 0.2) is 176 Å². The molecule has 2 aromatic heterocycles. The van der Waals surface area contributed by atoms with Gasteiger partial charge in [-0.2, -0.15) is 0 Å². The Hall–Kier alpha value is -7.99. The van der Waals surface area contributed by atoms with Gasteiger partial charge in [-0.05, 0) is 97.0 Å². The van der Waals surface area contributed by atoms with Crippen molar-refractivity contribution < 1.29 is 9.90 Å². The van der Waals surface area contributed by atoms with Crippen LogP contribution in [0.4, 0.5) is 11.6 Å². The minimum Gasteiger partial charge on any atom is -0.510 e. The summed E-state index contributed by atoms with van der Waals surface area (Å²) in [4.78, 5) is 40.7. The lowest BCUT2D eigenvalue weighted by atomic mass is 10.0. The Labute approximate surface area is 340 Å². The molecule has 0 saturated carbocycles. The normalized spacial score (nSPS) is 19.5. The third-order valence-electron chi connectivity index (χ3n) is 12.6. The first-order valence-corrected chi connectivity index (χ1v) is 21.5. The molecule has 1 atom stereocenters. The highest BCUT2D eigenvalue weighted by molar-refractivity contribution is 6.78. The smallest absolute Gasteiger partial charge is 0.393 e. The summed E-state index contributed by atoms with van der Waals surface area (Å²) in [6.07, 6.45) is 0. The predicted octanol–water partition coefficient (Wildman–Crippen LogP) is 9.55. The van der Waals surface area contributed by atoms with Crippen LogP contribution in [-0.2, 0) is 0 Å². The first-order chi connectivity index (χ1) is 29.4. The van der Waals surface area contributed by atoms with Crippen LogP contribution in [0.25, 0.3) is 76.1 Å². The summed E-state index contributed by atoms with van der Waals surface area (Å²) in [5.74, 6) is 1.51. The molecular weight excluding hydrogens is 761 g/mol. The standard InChI is InChI=1S/C49H27N8O2Si/c50-42-34-18-26-10-2-6-14-30(26)22-38(34)46-54-44-36-20-28-12-4-5-13-29(28)21-37(36)45(52-44)55-48-40-24-32-16-8-7-15-31(32)23-39(40)47-53-43-35-19-27-11-3-1-9-25(27)17-33(35)41(51-43)49(58)60(59,56(42)46)57(47)48/h1-24,59H,(H2-,50,51,52,53,54,55,58)/q-1. The van der Waals surface area contributed by atoms with Crippen LogP contribution in [0.2, 0.25) is 0 Å². The Kier molecular flexibility index (Phi) is 5.83. The van der Waals surface area contributed by atoms with Crippen LogP contribution in [0, 0.1) is 0 Å². The van der Waals surface area contributed by atoms with Gasteiger partial charge < -0.3 is 24.1 Å². The molecular formula is C49H27N8O2Si-. The van der Waals surface area contributed by atoms with Crippen LogP contribution < -0.4 is 11.0 Å². The van der Waals surface area contributed by atoms with E-state index in [1.54, 1.807) is 8.47 Å². The Morgan fingerprint density at radius 1 is 0.417 bits per heavy atom. The van der Waals surface area contributed by atoms with E-state index < -0.39 is 8.64 Å². The minimum absolute atomic E-state index is 0.0146. The SMILES string of the molecule is [NH-]c1c2cc3ccccc3cc2c2n1[Si]1(O)/C(O)=C3\N=C(N=c4c5cc6ccccc6cc5c(n41)=NC1=N/C(=N\2)c2cc4ccccc4cc21)c1cc2ccccc2cc13. The Morgan fingerprint density at radius 2 is 0.800 bits per heavy atom. The number of fused-ring (bicyclic) bond motifs is 19. The molecule has 8 aromatic carbocycles. The van der Waals surface area contributed by atoms with E-state index in [2.05, 4.69) is 36.4 Å². The number of aliphatic hydroxyl groups excluding tert-OH is 1. The summed E-state index contributed by atoms with van der Waals surface area (Å²) in [5, 5.41) is 23.3. The van der Waals surface area contributed by atoms with Crippen molar-refractivity contribution >= 4 is 108 Å². The fourth-order valence-electron chi connectivity index (χ4n) is 9.74. The van der Waals surface area contributed by atoms with Gasteiger partial charge in [-0.15, -0.1) is 0 Å². The van der Waals surface area contributed by atoms with Crippen LogP contribution in [-0.4, -0.2) is 44.5 Å². The van der Waals surface area contributed by atoms with E-state index >= 15 is 0 Å². The van der Waals surface area contributed by atoms with Crippen LogP contribution in [0.1, 0.15) is 22.3 Å². The molecule has 6 heterocycles. The monoisotopic (exact) mass is 787 g/mol. The summed E-state index contributed by atoms with van der Waals surface area (Å²) in [7, 11) is -4.95. The van der Waals surface area contributed by atoms with Gasteiger partial charge in [-0.25, -0.2) is 25.0 Å². The minimum atomic E-state index is -4.95. The Balaban J connectivity index is 1.24. The lowest BCUT2D eigenvalue weighted by Gasteiger charge is -2.36. The summed E-state index contributed by atoms with van der Waals surface area (Å²) in [6.45, 7) is 0. The van der Waals surface area contributed by atoms with Gasteiger partial charge in [0, 0.05) is 38.4 Å². The summed E-state index contributed by atoms with van der Waals surface area (Å²) in [5.41, 5.74) is 14.0. The highest BCUT2D eigenvalue weighted by Gasteiger charge is 2.47. The van der Waals surface area contributed by atoms with E-state index in [0.29, 0.717) is 61.4 Å². The summed E-state index contributed by atoms with van der Waals surface area (Å²) < 4.78 is 3.25. The van der Waals surface area contributed by atoms with E-state index in [9.17, 15) is 15.6 Å². The molecule has 11 heteroatoms. The van der Waals surface area contributed by atoms with Gasteiger partial charge in [-0.1, -0.05) is 103 Å². The average Bonchev–Trinajstić information content (AvgIpc) is 3.97. The van der Waals surface area contributed by atoms with Gasteiger partial charge in [0.05, 0.1) is 5.82 Å². The van der Waals surface area contributed by atoms with Gasteiger partial charge in [0.25, 0.3) is 0 Å². The van der Waals surface area contributed by atoms with Crippen LogP contribution in [0.3, 0.4) is 0 Å². The zero-order chi connectivity index (χ0) is 39.6. The Bertz CT molecular complexity index is 4010. The number of amidine groups is 3. The Morgan fingerprint density at radius 3 is 1.30 bits per heavy atom. The van der Waals surface area contributed by atoms with Crippen LogP contribution >= 0.6 is 0 Å². The molecule has 0 fully saturated rings. The molecule has 1 unspecified atom stereocenters. The molecule has 0 aliphatic carbocycles. The lowest BCUT2D eigenvalue weighted by Crippen LogP contribution is -2.61. The summed E-state index contributed by atoms with van der Waals surface area (Å²) >= 11 is 0. The number of hydrogen-bond donors (Lipinski definition) is 2. The first kappa shape index (κ1) is 32.0. The fraction of sp³-hybridized carbons (Fsp3) is 0. The zero-order valence-electron chi connectivity index (χ0n) is 31.4. The largest absolute Gasteiger partial charge is 0.510 e. The van der Waals surface area contributed by atoms with E-state index in [4.69, 9.17) is 25.0 Å². The number of benzene rings is 8. The molecule has 14 rings (SSSR count). The maximum atomic E-state index is 14.3. The molecule has 0 amide bonds. The molecule has 0 radical (unpaired) electrons. The van der Waals surface area contributed by atoms with Crippen molar-refractivity contribution in [2.24, 2.45) is 25.0 Å². The van der Waals surface area contributed by atoms with Crippen molar-refractivity contribution in [3.8, 4) is 0 Å². The number of nitrogens with zero attached hydrogens (tertiary/aromatic N) is 7. The van der Waals surface area contributed by atoms with Crippen molar-refractivity contribution in [3.63, 3.8) is 0 Å². The number of aliphatic imine (C=N–C) groups is 3. The van der Waals surface area contributed by atoms with Crippen LogP contribution in [0.5, 0.6) is 0 Å². The fourth-order valence-corrected chi connectivity index (χ4v) is 12.7. The highest BCUT2D eigenvalue weighted by atomic mass is 28.4. The molecule has 4 bridgehead atoms. The third kappa shape index (κ3) is 3.97. The quantitative estimate of drug-likeness (QED) is 0.148. The maximum Gasteiger partial charge on any atom is 0.393 e. The van der Waals surface area contributed by atoms with Crippen molar-refractivity contribution in [2.75, 3.05) is 0 Å². The van der Waals surface area contributed by atoms with Crippen molar-refractivity contribution in [3.05, 3.63) is 190 Å². The van der Waals surface area contributed by atoms with Gasteiger partial charge in [0.15, 0.2) is 22.9 Å². The van der Waals surface area contributed by atoms with Gasteiger partial charge in [0.2, 0.25) is 0 Å². The summed E-state index contributed by atoms with van der Waals surface area (Å²) in [6, 6.07) is 48.6. The molecule has 10 nitrogen and oxygen atoms in total. The van der Waals surface area contributed by atoms with Crippen molar-refractivity contribution in [2.45, 2.75) is 0 Å². The molecule has 3 N–H and O–H groups in total. The topological polar surface area (TPSA) is 136 Å². The molecule has 0 saturated heterocycles. The first-order valence-electron chi connectivity index (χ1n) is 19.7. The number of aliphatic hydroxyl groups is 1. The average molecular weight is 788 g/mol. The molecule has 60 heavy (non-hydrogen) atoms. The molecule has 10 aromatic rings. The van der Waals surface area contributed by atoms with Gasteiger partial charge in [0.1, 0.15) is 16.7 Å². The molecule has 4 aliphatic heterocycles. The third-order valence-corrected chi connectivity index (χ3v) is 15.6. The molecule has 4 aliphatic rings. The zero-order valence-corrected chi connectivity index (χ0v) is 32.4. The van der Waals surface area contributed by atoms with Gasteiger partial charge in [-0.3, -0.25) is 0 Å². The highest BCUT2D eigenvalue weighted by Crippen LogP contribution is 2.46. The maximum absolute atomic E-state index is 14.3. The van der Waals surface area contributed by atoms with Crippen molar-refractivity contribution in [1.29, 1.82) is 0 Å². The van der Waals surface area contributed by atoms with E-state index in [1.165, 1.54) is 0 Å².